The van der Waals surface area contributed by atoms with Gasteiger partial charge in [-0.1, -0.05) is 54.1 Å². The summed E-state index contributed by atoms with van der Waals surface area (Å²) in [5.41, 5.74) is 3.93. The smallest absolute Gasteiger partial charge is 0.0435 e. The van der Waals surface area contributed by atoms with Gasteiger partial charge in [0.2, 0.25) is 0 Å². The molecule has 0 unspecified atom stereocenters. The molecule has 2 aromatic carbocycles. The molecule has 1 fully saturated rings. The molecule has 0 bridgehead atoms. The number of piperazine rings is 1. The molecular weight excluding hydrogens is 292 g/mol. The first-order valence-corrected chi connectivity index (χ1v) is 8.32. The van der Waals surface area contributed by atoms with Gasteiger partial charge in [0.15, 0.2) is 0 Å². The highest BCUT2D eigenvalue weighted by atomic mass is 35.5. The predicted molar refractivity (Wildman–Crippen MR) is 93.2 cm³/mol. The van der Waals surface area contributed by atoms with Crippen molar-refractivity contribution in [2.24, 2.45) is 0 Å². The van der Waals surface area contributed by atoms with E-state index in [-0.39, 0.29) is 0 Å². The van der Waals surface area contributed by atoms with Gasteiger partial charge in [-0.3, -0.25) is 9.80 Å². The SMILES string of the molecule is Cc1cc(CN2CCN(Cc3ccccc3)CC2)ccc1Cl. The molecular formula is C19H23ClN2. The van der Waals surface area contributed by atoms with Crippen molar-refractivity contribution in [3.05, 3.63) is 70.2 Å². The number of hydrogen-bond acceptors (Lipinski definition) is 2. The molecule has 3 rings (SSSR count). The van der Waals surface area contributed by atoms with Crippen LogP contribution in [0.15, 0.2) is 48.5 Å². The lowest BCUT2D eigenvalue weighted by Crippen LogP contribution is -2.45. The second-order valence-electron chi connectivity index (χ2n) is 6.12. The molecule has 1 saturated heterocycles. The zero-order valence-corrected chi connectivity index (χ0v) is 13.9. The summed E-state index contributed by atoms with van der Waals surface area (Å²) in [5, 5.41) is 0.858. The number of rotatable bonds is 4. The van der Waals surface area contributed by atoms with E-state index < -0.39 is 0 Å². The summed E-state index contributed by atoms with van der Waals surface area (Å²) in [6.07, 6.45) is 0. The van der Waals surface area contributed by atoms with Crippen molar-refractivity contribution >= 4 is 11.6 Å². The van der Waals surface area contributed by atoms with Crippen molar-refractivity contribution in [2.75, 3.05) is 26.2 Å². The van der Waals surface area contributed by atoms with Crippen LogP contribution in [0.25, 0.3) is 0 Å². The van der Waals surface area contributed by atoms with Gasteiger partial charge >= 0.3 is 0 Å². The molecule has 0 aromatic heterocycles. The van der Waals surface area contributed by atoms with Crippen molar-refractivity contribution in [1.29, 1.82) is 0 Å². The van der Waals surface area contributed by atoms with Gasteiger partial charge < -0.3 is 0 Å². The van der Waals surface area contributed by atoms with E-state index in [1.165, 1.54) is 16.7 Å². The van der Waals surface area contributed by atoms with Crippen LogP contribution in [-0.4, -0.2) is 36.0 Å². The van der Waals surface area contributed by atoms with Gasteiger partial charge in [-0.15, -0.1) is 0 Å². The lowest BCUT2D eigenvalue weighted by molar-refractivity contribution is 0.122. The Morgan fingerprint density at radius 3 is 2.00 bits per heavy atom. The van der Waals surface area contributed by atoms with Crippen molar-refractivity contribution in [1.82, 2.24) is 9.80 Å². The van der Waals surface area contributed by atoms with Crippen LogP contribution in [0.1, 0.15) is 16.7 Å². The largest absolute Gasteiger partial charge is 0.297 e. The van der Waals surface area contributed by atoms with Crippen LogP contribution in [-0.2, 0) is 13.1 Å². The van der Waals surface area contributed by atoms with Gasteiger partial charge in [-0.2, -0.15) is 0 Å². The van der Waals surface area contributed by atoms with Crippen LogP contribution in [0.5, 0.6) is 0 Å². The second kappa shape index (κ2) is 7.28. The third-order valence-corrected chi connectivity index (χ3v) is 4.77. The lowest BCUT2D eigenvalue weighted by atomic mass is 10.1. The number of benzene rings is 2. The molecule has 0 saturated carbocycles. The highest BCUT2D eigenvalue weighted by molar-refractivity contribution is 6.31. The van der Waals surface area contributed by atoms with Crippen molar-refractivity contribution < 1.29 is 0 Å². The van der Waals surface area contributed by atoms with Gasteiger partial charge in [0.05, 0.1) is 0 Å². The maximum atomic E-state index is 6.10. The van der Waals surface area contributed by atoms with Gasteiger partial charge in [0.25, 0.3) is 0 Å². The first-order chi connectivity index (χ1) is 10.7. The van der Waals surface area contributed by atoms with Crippen LogP contribution in [0.2, 0.25) is 5.02 Å². The molecule has 0 amide bonds. The van der Waals surface area contributed by atoms with Crippen LogP contribution < -0.4 is 0 Å². The molecule has 1 heterocycles. The molecule has 116 valence electrons. The molecule has 0 spiro atoms. The Morgan fingerprint density at radius 2 is 1.41 bits per heavy atom. The molecule has 0 aliphatic carbocycles. The standard InChI is InChI=1S/C19H23ClN2/c1-16-13-18(7-8-19(16)20)15-22-11-9-21(10-12-22)14-17-5-3-2-4-6-17/h2-8,13H,9-12,14-15H2,1H3. The molecule has 2 nitrogen and oxygen atoms in total. The third-order valence-electron chi connectivity index (χ3n) is 4.34. The second-order valence-corrected chi connectivity index (χ2v) is 6.53. The average Bonchev–Trinajstić information content (AvgIpc) is 2.54. The van der Waals surface area contributed by atoms with Crippen LogP contribution >= 0.6 is 11.6 Å². The Bertz CT molecular complexity index is 604. The normalized spacial score (nSPS) is 16.8. The Hall–Kier alpha value is -1.35. The Morgan fingerprint density at radius 1 is 0.818 bits per heavy atom. The van der Waals surface area contributed by atoms with E-state index in [9.17, 15) is 0 Å². The van der Waals surface area contributed by atoms with Crippen molar-refractivity contribution in [3.63, 3.8) is 0 Å². The first kappa shape index (κ1) is 15.5. The minimum atomic E-state index is 0.858. The Labute approximate surface area is 138 Å². The quantitative estimate of drug-likeness (QED) is 0.842. The van der Waals surface area contributed by atoms with E-state index in [1.807, 2.05) is 6.07 Å². The zero-order valence-electron chi connectivity index (χ0n) is 13.1. The van der Waals surface area contributed by atoms with E-state index in [1.54, 1.807) is 0 Å². The van der Waals surface area contributed by atoms with Crippen LogP contribution in [0.3, 0.4) is 0 Å². The number of nitrogens with zero attached hydrogens (tertiary/aromatic N) is 2. The summed E-state index contributed by atoms with van der Waals surface area (Å²) in [6.45, 7) is 8.71. The molecule has 22 heavy (non-hydrogen) atoms. The number of hydrogen-bond donors (Lipinski definition) is 0. The van der Waals surface area contributed by atoms with E-state index in [4.69, 9.17) is 11.6 Å². The van der Waals surface area contributed by atoms with E-state index >= 15 is 0 Å². The fourth-order valence-corrected chi connectivity index (χ4v) is 3.13. The highest BCUT2D eigenvalue weighted by Gasteiger charge is 2.17. The molecule has 2 aromatic rings. The molecule has 0 radical (unpaired) electrons. The fraction of sp³-hybridized carbons (Fsp3) is 0.368. The fourth-order valence-electron chi connectivity index (χ4n) is 3.01. The van der Waals surface area contributed by atoms with Gasteiger partial charge in [-0.25, -0.2) is 0 Å². The molecule has 1 aliphatic rings. The zero-order chi connectivity index (χ0) is 15.4. The maximum Gasteiger partial charge on any atom is 0.0435 e. The summed E-state index contributed by atoms with van der Waals surface area (Å²) in [4.78, 5) is 5.07. The van der Waals surface area contributed by atoms with Crippen LogP contribution in [0, 0.1) is 6.92 Å². The number of aryl methyl sites for hydroxylation is 1. The first-order valence-electron chi connectivity index (χ1n) is 7.94. The summed E-state index contributed by atoms with van der Waals surface area (Å²) in [5.74, 6) is 0. The predicted octanol–water partition coefficient (Wildman–Crippen LogP) is 3.97. The monoisotopic (exact) mass is 314 g/mol. The molecule has 0 N–H and O–H groups in total. The summed E-state index contributed by atoms with van der Waals surface area (Å²) >= 11 is 6.10. The molecule has 3 heteroatoms. The van der Waals surface area contributed by atoms with Gasteiger partial charge in [0, 0.05) is 44.3 Å². The molecule has 1 aliphatic heterocycles. The summed E-state index contributed by atoms with van der Waals surface area (Å²) < 4.78 is 0. The Balaban J connectivity index is 1.50. The van der Waals surface area contributed by atoms with Crippen molar-refractivity contribution in [3.8, 4) is 0 Å². The van der Waals surface area contributed by atoms with E-state index in [2.05, 4.69) is 59.2 Å². The number of halogens is 1. The van der Waals surface area contributed by atoms with Gasteiger partial charge in [-0.05, 0) is 29.7 Å². The van der Waals surface area contributed by atoms with E-state index in [0.29, 0.717) is 0 Å². The minimum Gasteiger partial charge on any atom is -0.297 e. The molecule has 0 atom stereocenters. The maximum absolute atomic E-state index is 6.10. The van der Waals surface area contributed by atoms with Gasteiger partial charge in [0.1, 0.15) is 0 Å². The third kappa shape index (κ3) is 4.10. The highest BCUT2D eigenvalue weighted by Crippen LogP contribution is 2.18. The lowest BCUT2D eigenvalue weighted by Gasteiger charge is -2.34. The van der Waals surface area contributed by atoms with Crippen molar-refractivity contribution in [2.45, 2.75) is 20.0 Å². The average molecular weight is 315 g/mol. The minimum absolute atomic E-state index is 0.858. The van der Waals surface area contributed by atoms with E-state index in [0.717, 1.165) is 44.3 Å². The summed E-state index contributed by atoms with van der Waals surface area (Å²) in [7, 11) is 0. The van der Waals surface area contributed by atoms with Crippen LogP contribution in [0.4, 0.5) is 0 Å². The Kier molecular flexibility index (Phi) is 5.14. The topological polar surface area (TPSA) is 6.48 Å². The summed E-state index contributed by atoms with van der Waals surface area (Å²) in [6, 6.07) is 17.1.